The Bertz CT molecular complexity index is 578. The van der Waals surface area contributed by atoms with E-state index in [0.717, 1.165) is 6.07 Å². The predicted molar refractivity (Wildman–Crippen MR) is 72.0 cm³/mol. The first-order chi connectivity index (χ1) is 11.0. The van der Waals surface area contributed by atoms with Crippen molar-refractivity contribution in [1.29, 1.82) is 0 Å². The second-order valence-electron chi connectivity index (χ2n) is 4.63. The third-order valence-electron chi connectivity index (χ3n) is 3.30. The summed E-state index contributed by atoms with van der Waals surface area (Å²) >= 11 is 3.84. The summed E-state index contributed by atoms with van der Waals surface area (Å²) < 4.78 is 42.3. The summed E-state index contributed by atoms with van der Waals surface area (Å²) in [7, 11) is 0. The van der Waals surface area contributed by atoms with Crippen LogP contribution in [0.4, 0.5) is 13.6 Å². The molecule has 1 aromatic carbocycles. The van der Waals surface area contributed by atoms with Crippen LogP contribution >= 0.6 is 12.6 Å². The van der Waals surface area contributed by atoms with Crippen molar-refractivity contribution in [1.82, 2.24) is 5.32 Å². The normalized spacial score (nSPS) is 24.4. The molecule has 0 bridgehead atoms. The van der Waals surface area contributed by atoms with Gasteiger partial charge in [0.1, 0.15) is 6.10 Å². The van der Waals surface area contributed by atoms with Crippen LogP contribution in [-0.4, -0.2) is 35.1 Å². The van der Waals surface area contributed by atoms with Crippen LogP contribution in [0.5, 0.6) is 17.2 Å². The van der Waals surface area contributed by atoms with Gasteiger partial charge in [-0.05, 0) is 12.1 Å². The van der Waals surface area contributed by atoms with Gasteiger partial charge in [-0.2, -0.15) is 0 Å². The highest BCUT2D eigenvalue weighted by Crippen LogP contribution is 2.41. The molecule has 1 aromatic rings. The minimum atomic E-state index is -1.38. The zero-order chi connectivity index (χ0) is 17.0. The SMILES string of the molecule is O=C1C(S)OCC(NCc2ccc(OF)c(OF)c2OF)C1O. The lowest BCUT2D eigenvalue weighted by Crippen LogP contribution is -2.54. The number of thiol groups is 1. The van der Waals surface area contributed by atoms with Crippen molar-refractivity contribution in [3.63, 3.8) is 0 Å². The quantitative estimate of drug-likeness (QED) is 0.660. The maximum absolute atomic E-state index is 12.6. The highest BCUT2D eigenvalue weighted by atomic mass is 32.1. The molecule has 1 aliphatic heterocycles. The molecule has 0 aliphatic carbocycles. The van der Waals surface area contributed by atoms with Crippen LogP contribution in [0.25, 0.3) is 0 Å². The zero-order valence-electron chi connectivity index (χ0n) is 11.4. The Hall–Kier alpha value is -1.69. The standard InChI is InChI=1S/C12H12F3NO6S/c13-20-7-2-1-5(10(21-14)11(7)22-15)3-16-6-4-19-12(23)9(18)8(6)17/h1-2,6,8,12,16-17,23H,3-4H2. The number of ether oxygens (including phenoxy) is 1. The van der Waals surface area contributed by atoms with E-state index in [2.05, 4.69) is 32.8 Å². The average Bonchev–Trinajstić information content (AvgIpc) is 2.58. The number of nitrogens with one attached hydrogen (secondary N) is 1. The van der Waals surface area contributed by atoms with E-state index in [1.165, 1.54) is 6.07 Å². The van der Waals surface area contributed by atoms with Crippen molar-refractivity contribution in [2.75, 3.05) is 6.61 Å². The zero-order valence-corrected chi connectivity index (χ0v) is 12.3. The fourth-order valence-corrected chi connectivity index (χ4v) is 2.31. The first-order valence-electron chi connectivity index (χ1n) is 6.30. The first-order valence-corrected chi connectivity index (χ1v) is 6.81. The molecule has 128 valence electrons. The van der Waals surface area contributed by atoms with Crippen molar-refractivity contribution >= 4 is 18.4 Å². The monoisotopic (exact) mass is 355 g/mol. The lowest BCUT2D eigenvalue weighted by Gasteiger charge is -2.30. The van der Waals surface area contributed by atoms with Crippen LogP contribution in [-0.2, 0) is 16.1 Å². The number of hydrogen-bond donors (Lipinski definition) is 3. The third kappa shape index (κ3) is 3.63. The van der Waals surface area contributed by atoms with Gasteiger partial charge in [0.05, 0.1) is 12.6 Å². The number of Topliss-reactive ketones (excluding diaryl/α,β-unsaturated/α-hetero) is 1. The van der Waals surface area contributed by atoms with Gasteiger partial charge in [0, 0.05) is 25.7 Å². The largest absolute Gasteiger partial charge is 0.383 e. The number of rotatable bonds is 6. The van der Waals surface area contributed by atoms with Gasteiger partial charge >= 0.3 is 0 Å². The lowest BCUT2D eigenvalue weighted by molar-refractivity contribution is -0.143. The van der Waals surface area contributed by atoms with Gasteiger partial charge in [-0.1, -0.05) is 0 Å². The summed E-state index contributed by atoms with van der Waals surface area (Å²) in [5.74, 6) is -3.04. The highest BCUT2D eigenvalue weighted by molar-refractivity contribution is 7.81. The van der Waals surface area contributed by atoms with E-state index in [9.17, 15) is 23.5 Å². The summed E-state index contributed by atoms with van der Waals surface area (Å²) in [4.78, 5) is 21.7. The molecule has 0 radical (unpaired) electrons. The fraction of sp³-hybridized carbons (Fsp3) is 0.417. The first kappa shape index (κ1) is 17.7. The van der Waals surface area contributed by atoms with E-state index >= 15 is 0 Å². The molecular weight excluding hydrogens is 343 g/mol. The van der Waals surface area contributed by atoms with Gasteiger partial charge in [-0.3, -0.25) is 19.6 Å². The molecule has 0 spiro atoms. The topological polar surface area (TPSA) is 86.3 Å². The summed E-state index contributed by atoms with van der Waals surface area (Å²) in [6.45, 7) is -0.206. The molecule has 3 unspecified atom stereocenters. The Labute approximate surface area is 133 Å². The molecule has 23 heavy (non-hydrogen) atoms. The molecular formula is C12H12F3NO6S. The Balaban J connectivity index is 2.13. The predicted octanol–water partition coefficient (Wildman–Crippen LogP) is 1.15. The van der Waals surface area contributed by atoms with Crippen molar-refractivity contribution < 1.29 is 43.0 Å². The smallest absolute Gasteiger partial charge is 0.264 e. The Morgan fingerprint density at radius 3 is 2.57 bits per heavy atom. The number of carbonyl (C=O) groups excluding carboxylic acids is 1. The van der Waals surface area contributed by atoms with Crippen molar-refractivity contribution in [3.05, 3.63) is 17.7 Å². The summed E-state index contributed by atoms with van der Waals surface area (Å²) in [6, 6.07) is 1.36. The van der Waals surface area contributed by atoms with E-state index in [-0.39, 0.29) is 18.7 Å². The molecule has 0 saturated carbocycles. The molecule has 0 amide bonds. The van der Waals surface area contributed by atoms with Crippen LogP contribution in [0.3, 0.4) is 0 Å². The molecule has 7 nitrogen and oxygen atoms in total. The van der Waals surface area contributed by atoms with Crippen LogP contribution < -0.4 is 20.1 Å². The molecule has 0 aromatic heterocycles. The minimum absolute atomic E-state index is 0.0218. The number of hydrogen-bond acceptors (Lipinski definition) is 8. The van der Waals surface area contributed by atoms with Crippen LogP contribution in [0.1, 0.15) is 5.56 Å². The van der Waals surface area contributed by atoms with E-state index in [4.69, 9.17) is 4.74 Å². The van der Waals surface area contributed by atoms with Gasteiger partial charge in [0.15, 0.2) is 5.44 Å². The number of benzene rings is 1. The Morgan fingerprint density at radius 1 is 1.26 bits per heavy atom. The summed E-state index contributed by atoms with van der Waals surface area (Å²) in [5, 5.41) is 12.5. The van der Waals surface area contributed by atoms with Crippen LogP contribution in [0, 0.1) is 0 Å². The van der Waals surface area contributed by atoms with E-state index in [1.807, 2.05) is 0 Å². The van der Waals surface area contributed by atoms with Gasteiger partial charge in [-0.15, -0.1) is 12.6 Å². The number of aliphatic hydroxyl groups is 1. The van der Waals surface area contributed by atoms with Gasteiger partial charge in [-0.25, -0.2) is 0 Å². The van der Waals surface area contributed by atoms with Crippen molar-refractivity contribution in [2.24, 2.45) is 0 Å². The maximum Gasteiger partial charge on any atom is 0.264 e. The molecule has 1 heterocycles. The van der Waals surface area contributed by atoms with E-state index in [1.54, 1.807) is 0 Å². The highest BCUT2D eigenvalue weighted by Gasteiger charge is 2.36. The van der Waals surface area contributed by atoms with Crippen molar-refractivity contribution in [2.45, 2.75) is 24.1 Å². The number of halogens is 3. The average molecular weight is 355 g/mol. The van der Waals surface area contributed by atoms with Crippen LogP contribution in [0.2, 0.25) is 0 Å². The molecule has 2 rings (SSSR count). The third-order valence-corrected chi connectivity index (χ3v) is 3.70. The number of carbonyl (C=O) groups is 1. The molecule has 3 atom stereocenters. The molecule has 11 heteroatoms. The second kappa shape index (κ2) is 7.73. The Kier molecular flexibility index (Phi) is 5.93. The van der Waals surface area contributed by atoms with Gasteiger partial charge in [0.2, 0.25) is 17.3 Å². The van der Waals surface area contributed by atoms with E-state index in [0.29, 0.717) is 0 Å². The van der Waals surface area contributed by atoms with Crippen LogP contribution in [0.15, 0.2) is 12.1 Å². The lowest BCUT2D eigenvalue weighted by atomic mass is 10.0. The molecule has 1 fully saturated rings. The van der Waals surface area contributed by atoms with Gasteiger partial charge in [0.25, 0.3) is 5.75 Å². The Morgan fingerprint density at radius 2 is 1.96 bits per heavy atom. The summed E-state index contributed by atoms with van der Waals surface area (Å²) in [5.41, 5.74) is -1.01. The second-order valence-corrected chi connectivity index (χ2v) is 5.10. The molecule has 1 saturated heterocycles. The fourth-order valence-electron chi connectivity index (χ4n) is 2.07. The minimum Gasteiger partial charge on any atom is -0.383 e. The van der Waals surface area contributed by atoms with Crippen molar-refractivity contribution in [3.8, 4) is 17.2 Å². The summed E-state index contributed by atoms with van der Waals surface area (Å²) in [6.07, 6.45) is -1.38. The molecule has 1 aliphatic rings. The maximum atomic E-state index is 12.6. The molecule has 2 N–H and O–H groups in total. The number of aliphatic hydroxyl groups excluding tert-OH is 1. The van der Waals surface area contributed by atoms with Gasteiger partial charge < -0.3 is 15.2 Å². The number of ketones is 1. The van der Waals surface area contributed by atoms with E-state index < -0.39 is 40.6 Å².